The Morgan fingerprint density at radius 1 is 1.09 bits per heavy atom. The number of halogens is 1. The molecule has 3 amide bonds. The number of carbonyl (C=O) groups is 2. The van der Waals surface area contributed by atoms with Gasteiger partial charge in [-0.1, -0.05) is 17.7 Å². The first-order valence-corrected chi connectivity index (χ1v) is 10.6. The SMILES string of the molecule is COC1CC(C(=O)Nc2ccc(-n3ccccc3=O)cc2)N(C(=O)Nc2ccc(Cl)cn2)C1. The average Bonchev–Trinajstić information content (AvgIpc) is 3.27. The van der Waals surface area contributed by atoms with Gasteiger partial charge in [0.2, 0.25) is 5.91 Å². The number of hydrogen-bond donors (Lipinski definition) is 2. The number of rotatable bonds is 5. The summed E-state index contributed by atoms with van der Waals surface area (Å²) in [6.07, 6.45) is 3.19. The summed E-state index contributed by atoms with van der Waals surface area (Å²) in [5.41, 5.74) is 1.08. The molecule has 1 saturated heterocycles. The number of anilines is 2. The number of aromatic nitrogens is 2. The van der Waals surface area contributed by atoms with E-state index in [2.05, 4.69) is 15.6 Å². The third kappa shape index (κ3) is 5.21. The van der Waals surface area contributed by atoms with Crippen molar-refractivity contribution in [2.24, 2.45) is 0 Å². The van der Waals surface area contributed by atoms with Crippen LogP contribution in [-0.2, 0) is 9.53 Å². The first kappa shape index (κ1) is 22.5. The highest BCUT2D eigenvalue weighted by atomic mass is 35.5. The van der Waals surface area contributed by atoms with Crippen LogP contribution in [-0.4, -0.2) is 52.2 Å². The highest BCUT2D eigenvalue weighted by molar-refractivity contribution is 6.30. The topological polar surface area (TPSA) is 106 Å². The quantitative estimate of drug-likeness (QED) is 0.599. The summed E-state index contributed by atoms with van der Waals surface area (Å²) in [5, 5.41) is 5.98. The number of carbonyl (C=O) groups excluding carboxylic acids is 2. The number of hydrogen-bond acceptors (Lipinski definition) is 5. The minimum absolute atomic E-state index is 0.150. The highest BCUT2D eigenvalue weighted by Crippen LogP contribution is 2.23. The number of ether oxygens (including phenoxy) is 1. The second-order valence-corrected chi connectivity index (χ2v) is 7.93. The van der Waals surface area contributed by atoms with Gasteiger partial charge < -0.3 is 15.0 Å². The molecule has 170 valence electrons. The molecule has 10 heteroatoms. The van der Waals surface area contributed by atoms with Gasteiger partial charge in [-0.25, -0.2) is 9.78 Å². The van der Waals surface area contributed by atoms with Gasteiger partial charge in [0.05, 0.1) is 11.1 Å². The Hall–Kier alpha value is -3.69. The van der Waals surface area contributed by atoms with Gasteiger partial charge in [0, 0.05) is 49.9 Å². The van der Waals surface area contributed by atoms with Crippen LogP contribution in [0.15, 0.2) is 71.8 Å². The fourth-order valence-corrected chi connectivity index (χ4v) is 3.76. The van der Waals surface area contributed by atoms with Crippen molar-refractivity contribution in [3.63, 3.8) is 0 Å². The van der Waals surface area contributed by atoms with E-state index in [0.29, 0.717) is 28.6 Å². The van der Waals surface area contributed by atoms with Gasteiger partial charge in [-0.2, -0.15) is 0 Å². The van der Waals surface area contributed by atoms with Gasteiger partial charge in [-0.05, 0) is 42.5 Å². The van der Waals surface area contributed by atoms with Crippen molar-refractivity contribution in [1.82, 2.24) is 14.5 Å². The van der Waals surface area contributed by atoms with Crippen LogP contribution in [0.4, 0.5) is 16.3 Å². The van der Waals surface area contributed by atoms with Crippen molar-refractivity contribution in [1.29, 1.82) is 0 Å². The number of urea groups is 1. The van der Waals surface area contributed by atoms with E-state index in [1.54, 1.807) is 61.8 Å². The Bertz CT molecular complexity index is 1200. The summed E-state index contributed by atoms with van der Waals surface area (Å²) in [6, 6.07) is 13.8. The first-order chi connectivity index (χ1) is 15.9. The highest BCUT2D eigenvalue weighted by Gasteiger charge is 2.40. The molecule has 0 spiro atoms. The summed E-state index contributed by atoms with van der Waals surface area (Å²) < 4.78 is 6.90. The zero-order valence-electron chi connectivity index (χ0n) is 17.8. The van der Waals surface area contributed by atoms with Gasteiger partial charge in [0.25, 0.3) is 5.56 Å². The van der Waals surface area contributed by atoms with E-state index in [4.69, 9.17) is 16.3 Å². The minimum atomic E-state index is -0.723. The Balaban J connectivity index is 1.46. The van der Waals surface area contributed by atoms with E-state index in [1.807, 2.05) is 0 Å². The summed E-state index contributed by atoms with van der Waals surface area (Å²) in [4.78, 5) is 43.3. The monoisotopic (exact) mass is 467 g/mol. The molecule has 0 bridgehead atoms. The minimum Gasteiger partial charge on any atom is -0.380 e. The molecule has 0 radical (unpaired) electrons. The lowest BCUT2D eigenvalue weighted by molar-refractivity contribution is -0.119. The number of methoxy groups -OCH3 is 1. The molecular weight excluding hydrogens is 446 g/mol. The Kier molecular flexibility index (Phi) is 6.71. The number of nitrogens with zero attached hydrogens (tertiary/aromatic N) is 3. The molecule has 0 saturated carbocycles. The molecule has 1 aliphatic heterocycles. The number of amides is 3. The summed E-state index contributed by atoms with van der Waals surface area (Å²) >= 11 is 5.84. The second kappa shape index (κ2) is 9.85. The van der Waals surface area contributed by atoms with E-state index in [9.17, 15) is 14.4 Å². The predicted molar refractivity (Wildman–Crippen MR) is 125 cm³/mol. The van der Waals surface area contributed by atoms with Gasteiger partial charge >= 0.3 is 6.03 Å². The molecule has 0 aliphatic carbocycles. The first-order valence-electron chi connectivity index (χ1n) is 10.3. The van der Waals surface area contributed by atoms with Crippen molar-refractivity contribution < 1.29 is 14.3 Å². The van der Waals surface area contributed by atoms with Crippen molar-refractivity contribution in [3.05, 3.63) is 82.4 Å². The zero-order chi connectivity index (χ0) is 23.4. The predicted octanol–water partition coefficient (Wildman–Crippen LogP) is 3.15. The summed E-state index contributed by atoms with van der Waals surface area (Å²) in [5.74, 6) is -0.00504. The molecular formula is C23H22ClN5O4. The maximum absolute atomic E-state index is 13.0. The lowest BCUT2D eigenvalue weighted by Gasteiger charge is -2.23. The fourth-order valence-electron chi connectivity index (χ4n) is 3.64. The van der Waals surface area contributed by atoms with E-state index >= 15 is 0 Å². The molecule has 2 aromatic heterocycles. The van der Waals surface area contributed by atoms with Crippen molar-refractivity contribution in [2.75, 3.05) is 24.3 Å². The second-order valence-electron chi connectivity index (χ2n) is 7.50. The molecule has 2 N–H and O–H groups in total. The van der Waals surface area contributed by atoms with E-state index in [1.165, 1.54) is 21.7 Å². The maximum atomic E-state index is 13.0. The molecule has 4 rings (SSSR count). The van der Waals surface area contributed by atoms with Gasteiger partial charge in [0.1, 0.15) is 11.9 Å². The fraction of sp³-hybridized carbons (Fsp3) is 0.217. The molecule has 3 heterocycles. The normalized spacial score (nSPS) is 17.6. The van der Waals surface area contributed by atoms with Crippen LogP contribution in [0.2, 0.25) is 5.02 Å². The van der Waals surface area contributed by atoms with Crippen LogP contribution in [0.25, 0.3) is 5.69 Å². The Morgan fingerprint density at radius 3 is 2.55 bits per heavy atom. The number of pyridine rings is 2. The zero-order valence-corrected chi connectivity index (χ0v) is 18.5. The van der Waals surface area contributed by atoms with E-state index in [-0.39, 0.29) is 24.1 Å². The molecule has 1 aromatic carbocycles. The molecule has 1 fully saturated rings. The van der Waals surface area contributed by atoms with Gasteiger partial charge in [0.15, 0.2) is 0 Å². The Morgan fingerprint density at radius 2 is 1.88 bits per heavy atom. The average molecular weight is 468 g/mol. The molecule has 9 nitrogen and oxygen atoms in total. The van der Waals surface area contributed by atoms with Crippen LogP contribution < -0.4 is 16.2 Å². The van der Waals surface area contributed by atoms with E-state index < -0.39 is 12.1 Å². The maximum Gasteiger partial charge on any atom is 0.323 e. The van der Waals surface area contributed by atoms with Crippen LogP contribution in [0, 0.1) is 0 Å². The van der Waals surface area contributed by atoms with Crippen LogP contribution in [0.1, 0.15) is 6.42 Å². The third-order valence-electron chi connectivity index (χ3n) is 5.36. The summed E-state index contributed by atoms with van der Waals surface area (Å²) in [7, 11) is 1.55. The van der Waals surface area contributed by atoms with E-state index in [0.717, 1.165) is 0 Å². The lowest BCUT2D eigenvalue weighted by Crippen LogP contribution is -2.45. The molecule has 1 aliphatic rings. The lowest BCUT2D eigenvalue weighted by atomic mass is 10.1. The van der Waals surface area contributed by atoms with Gasteiger partial charge in [-0.15, -0.1) is 0 Å². The van der Waals surface area contributed by atoms with Crippen molar-refractivity contribution in [2.45, 2.75) is 18.6 Å². The standard InChI is InChI=1S/C23H22ClN5O4/c1-33-18-12-19(29(14-18)23(32)27-20-10-5-15(24)13-25-20)22(31)26-16-6-8-17(9-7-16)28-11-3-2-4-21(28)30/h2-11,13,18-19H,12,14H2,1H3,(H,26,31)(H,25,27,32). The number of nitrogens with one attached hydrogen (secondary N) is 2. The smallest absolute Gasteiger partial charge is 0.323 e. The largest absolute Gasteiger partial charge is 0.380 e. The van der Waals surface area contributed by atoms with Crippen LogP contribution >= 0.6 is 11.6 Å². The van der Waals surface area contributed by atoms with Gasteiger partial charge in [-0.3, -0.25) is 19.5 Å². The van der Waals surface area contributed by atoms with Crippen molar-refractivity contribution in [3.8, 4) is 5.69 Å². The summed E-state index contributed by atoms with van der Waals surface area (Å²) in [6.45, 7) is 0.268. The molecule has 33 heavy (non-hydrogen) atoms. The van der Waals surface area contributed by atoms with Crippen molar-refractivity contribution >= 4 is 35.0 Å². The number of benzene rings is 1. The third-order valence-corrected chi connectivity index (χ3v) is 5.58. The molecule has 2 unspecified atom stereocenters. The Labute approximate surface area is 195 Å². The number of likely N-dealkylation sites (tertiary alicyclic amines) is 1. The molecule has 2 atom stereocenters. The molecule has 3 aromatic rings. The van der Waals surface area contributed by atoms with Crippen LogP contribution in [0.5, 0.6) is 0 Å². The van der Waals surface area contributed by atoms with Crippen LogP contribution in [0.3, 0.4) is 0 Å².